The number of halogens is 1. The lowest BCUT2D eigenvalue weighted by molar-refractivity contribution is 0.576. The molecule has 0 bridgehead atoms. The Morgan fingerprint density at radius 1 is 1.39 bits per heavy atom. The van der Waals surface area contributed by atoms with E-state index in [0.717, 1.165) is 6.54 Å². The molecule has 0 heterocycles. The molecule has 0 spiro atoms. The van der Waals surface area contributed by atoms with Crippen molar-refractivity contribution in [2.75, 3.05) is 6.54 Å². The number of rotatable bonds is 5. The van der Waals surface area contributed by atoms with Gasteiger partial charge in [0.15, 0.2) is 0 Å². The van der Waals surface area contributed by atoms with E-state index in [-0.39, 0.29) is 0 Å². The molecule has 18 heavy (non-hydrogen) atoms. The van der Waals surface area contributed by atoms with Gasteiger partial charge in [-0.3, -0.25) is 0 Å². The summed E-state index contributed by atoms with van der Waals surface area (Å²) in [5, 5.41) is 3.72. The van der Waals surface area contributed by atoms with Crippen LogP contribution in [0.25, 0.3) is 0 Å². The standard InChI is InChI=1S/C16H22IN/c1-3-11-18-16(13-8-4-5-9-13)14-10-6-7-12(2)15(14)17/h6-8,10,16,18H,3-5,9,11H2,1-2H3. The fourth-order valence-corrected chi connectivity index (χ4v) is 3.25. The van der Waals surface area contributed by atoms with Crippen molar-refractivity contribution in [2.45, 2.75) is 45.6 Å². The minimum Gasteiger partial charge on any atom is -0.307 e. The van der Waals surface area contributed by atoms with Crippen LogP contribution in [-0.4, -0.2) is 6.54 Å². The maximum absolute atomic E-state index is 3.72. The molecule has 0 aliphatic heterocycles. The number of allylic oxidation sites excluding steroid dienone is 1. The van der Waals surface area contributed by atoms with Gasteiger partial charge in [0.25, 0.3) is 0 Å². The van der Waals surface area contributed by atoms with Gasteiger partial charge in [-0.05, 0) is 72.9 Å². The molecule has 0 saturated carbocycles. The number of hydrogen-bond acceptors (Lipinski definition) is 1. The quantitative estimate of drug-likeness (QED) is 0.594. The summed E-state index contributed by atoms with van der Waals surface area (Å²) in [6.07, 6.45) is 7.45. The molecular formula is C16H22IN. The van der Waals surface area contributed by atoms with Crippen molar-refractivity contribution in [1.29, 1.82) is 0 Å². The van der Waals surface area contributed by atoms with E-state index in [0.29, 0.717) is 6.04 Å². The van der Waals surface area contributed by atoms with E-state index < -0.39 is 0 Å². The minimum atomic E-state index is 0.430. The van der Waals surface area contributed by atoms with Crippen molar-refractivity contribution in [2.24, 2.45) is 0 Å². The summed E-state index contributed by atoms with van der Waals surface area (Å²) in [6, 6.07) is 7.09. The van der Waals surface area contributed by atoms with Gasteiger partial charge in [-0.1, -0.05) is 36.8 Å². The Kier molecular flexibility index (Phi) is 5.25. The highest BCUT2D eigenvalue weighted by Crippen LogP contribution is 2.33. The molecule has 0 radical (unpaired) electrons. The molecule has 0 fully saturated rings. The fraction of sp³-hybridized carbons (Fsp3) is 0.500. The van der Waals surface area contributed by atoms with Crippen LogP contribution in [-0.2, 0) is 0 Å². The third-order valence-electron chi connectivity index (χ3n) is 3.58. The van der Waals surface area contributed by atoms with Crippen molar-refractivity contribution in [3.05, 3.63) is 44.5 Å². The first-order valence-corrected chi connectivity index (χ1v) is 7.99. The Hall–Kier alpha value is -0.350. The van der Waals surface area contributed by atoms with Gasteiger partial charge in [0.05, 0.1) is 6.04 Å². The zero-order chi connectivity index (χ0) is 13.0. The molecule has 1 unspecified atom stereocenters. The van der Waals surface area contributed by atoms with Gasteiger partial charge in [-0.15, -0.1) is 0 Å². The van der Waals surface area contributed by atoms with Gasteiger partial charge < -0.3 is 5.32 Å². The average Bonchev–Trinajstić information content (AvgIpc) is 2.88. The smallest absolute Gasteiger partial charge is 0.0546 e. The van der Waals surface area contributed by atoms with Gasteiger partial charge in [0.2, 0.25) is 0 Å². The zero-order valence-corrected chi connectivity index (χ0v) is 13.5. The first-order chi connectivity index (χ1) is 8.74. The maximum Gasteiger partial charge on any atom is 0.0546 e. The molecule has 1 aromatic rings. The molecule has 1 aliphatic rings. The minimum absolute atomic E-state index is 0.430. The van der Waals surface area contributed by atoms with Crippen molar-refractivity contribution in [3.8, 4) is 0 Å². The molecule has 0 aromatic heterocycles. The van der Waals surface area contributed by atoms with Crippen molar-refractivity contribution < 1.29 is 0 Å². The molecule has 0 amide bonds. The lowest BCUT2D eigenvalue weighted by Gasteiger charge is -2.22. The average molecular weight is 355 g/mol. The summed E-state index contributed by atoms with van der Waals surface area (Å²) in [5.41, 5.74) is 4.43. The Labute approximate surface area is 124 Å². The molecular weight excluding hydrogens is 333 g/mol. The Bertz CT molecular complexity index is 437. The lowest BCUT2D eigenvalue weighted by atomic mass is 9.96. The molecule has 1 nitrogen and oxygen atoms in total. The van der Waals surface area contributed by atoms with Crippen LogP contribution in [0, 0.1) is 10.5 Å². The second-order valence-corrected chi connectivity index (χ2v) is 6.12. The van der Waals surface area contributed by atoms with E-state index >= 15 is 0 Å². The third-order valence-corrected chi connectivity index (χ3v) is 5.05. The fourth-order valence-electron chi connectivity index (χ4n) is 2.58. The predicted molar refractivity (Wildman–Crippen MR) is 86.9 cm³/mol. The van der Waals surface area contributed by atoms with E-state index in [2.05, 4.69) is 66.0 Å². The highest BCUT2D eigenvalue weighted by Gasteiger charge is 2.20. The Morgan fingerprint density at radius 3 is 2.89 bits per heavy atom. The summed E-state index contributed by atoms with van der Waals surface area (Å²) >= 11 is 2.49. The summed E-state index contributed by atoms with van der Waals surface area (Å²) in [6.45, 7) is 5.52. The highest BCUT2D eigenvalue weighted by atomic mass is 127. The normalized spacial score (nSPS) is 16.7. The van der Waals surface area contributed by atoms with Crippen LogP contribution in [0.2, 0.25) is 0 Å². The SMILES string of the molecule is CCCNC(C1=CCCC1)c1cccc(C)c1I. The molecule has 1 aromatic carbocycles. The predicted octanol–water partition coefficient (Wildman–Crippen LogP) is 4.75. The van der Waals surface area contributed by atoms with Crippen LogP contribution >= 0.6 is 22.6 Å². The molecule has 1 atom stereocenters. The first-order valence-electron chi connectivity index (χ1n) is 6.91. The van der Waals surface area contributed by atoms with Crippen LogP contribution in [0.15, 0.2) is 29.8 Å². The topological polar surface area (TPSA) is 12.0 Å². The Balaban J connectivity index is 2.30. The monoisotopic (exact) mass is 355 g/mol. The summed E-state index contributed by atoms with van der Waals surface area (Å²) in [7, 11) is 0. The van der Waals surface area contributed by atoms with Gasteiger partial charge >= 0.3 is 0 Å². The first kappa shape index (κ1) is 14.1. The van der Waals surface area contributed by atoms with Crippen molar-refractivity contribution in [3.63, 3.8) is 0 Å². The molecule has 1 N–H and O–H groups in total. The van der Waals surface area contributed by atoms with Gasteiger partial charge in [0, 0.05) is 3.57 Å². The molecule has 2 heteroatoms. The number of benzene rings is 1. The van der Waals surface area contributed by atoms with Crippen LogP contribution in [0.5, 0.6) is 0 Å². The molecule has 1 aliphatic carbocycles. The number of hydrogen-bond donors (Lipinski definition) is 1. The summed E-state index contributed by atoms with van der Waals surface area (Å²) in [5.74, 6) is 0. The van der Waals surface area contributed by atoms with E-state index in [4.69, 9.17) is 0 Å². The number of aryl methyl sites for hydroxylation is 1. The summed E-state index contributed by atoms with van der Waals surface area (Å²) in [4.78, 5) is 0. The third kappa shape index (κ3) is 3.15. The van der Waals surface area contributed by atoms with Crippen LogP contribution in [0.1, 0.15) is 49.8 Å². The zero-order valence-electron chi connectivity index (χ0n) is 11.3. The summed E-state index contributed by atoms with van der Waals surface area (Å²) < 4.78 is 1.41. The van der Waals surface area contributed by atoms with Gasteiger partial charge in [-0.25, -0.2) is 0 Å². The maximum atomic E-state index is 3.72. The molecule has 0 saturated heterocycles. The van der Waals surface area contributed by atoms with Crippen molar-refractivity contribution >= 4 is 22.6 Å². The van der Waals surface area contributed by atoms with Gasteiger partial charge in [0.1, 0.15) is 0 Å². The van der Waals surface area contributed by atoms with Crippen molar-refractivity contribution in [1.82, 2.24) is 5.32 Å². The number of nitrogens with one attached hydrogen (secondary N) is 1. The molecule has 98 valence electrons. The van der Waals surface area contributed by atoms with E-state index in [9.17, 15) is 0 Å². The van der Waals surface area contributed by atoms with E-state index in [1.807, 2.05) is 0 Å². The van der Waals surface area contributed by atoms with E-state index in [1.54, 1.807) is 5.57 Å². The lowest BCUT2D eigenvalue weighted by Crippen LogP contribution is -2.24. The van der Waals surface area contributed by atoms with Crippen LogP contribution in [0.3, 0.4) is 0 Å². The van der Waals surface area contributed by atoms with E-state index in [1.165, 1.54) is 40.4 Å². The molecule has 2 rings (SSSR count). The van der Waals surface area contributed by atoms with Crippen LogP contribution < -0.4 is 5.32 Å². The highest BCUT2D eigenvalue weighted by molar-refractivity contribution is 14.1. The van der Waals surface area contributed by atoms with Crippen LogP contribution in [0.4, 0.5) is 0 Å². The second-order valence-electron chi connectivity index (χ2n) is 5.04. The van der Waals surface area contributed by atoms with Gasteiger partial charge in [-0.2, -0.15) is 0 Å². The second kappa shape index (κ2) is 6.71. The largest absolute Gasteiger partial charge is 0.307 e. The Morgan fingerprint density at radius 2 is 2.22 bits per heavy atom.